The Kier molecular flexibility index (Phi) is 6.73. The van der Waals surface area contributed by atoms with Crippen molar-refractivity contribution in [2.45, 2.75) is 36.7 Å². The zero-order chi connectivity index (χ0) is 27.0. The van der Waals surface area contributed by atoms with Crippen LogP contribution >= 0.6 is 0 Å². The summed E-state index contributed by atoms with van der Waals surface area (Å²) >= 11 is 0. The molecule has 1 atom stereocenters. The van der Waals surface area contributed by atoms with Gasteiger partial charge in [0.15, 0.2) is 0 Å². The van der Waals surface area contributed by atoms with Gasteiger partial charge in [-0.15, -0.1) is 0 Å². The lowest BCUT2D eigenvalue weighted by molar-refractivity contribution is 0.0950. The van der Waals surface area contributed by atoms with E-state index in [-0.39, 0.29) is 24.2 Å². The fourth-order valence-corrected chi connectivity index (χ4v) is 4.95. The second kappa shape index (κ2) is 10.0. The Hall–Kier alpha value is -4.07. The Bertz CT molecular complexity index is 1630. The van der Waals surface area contributed by atoms with Crippen LogP contribution in [0.4, 0.5) is 23.4 Å². The van der Waals surface area contributed by atoms with Crippen LogP contribution in [0.15, 0.2) is 59.8 Å². The van der Waals surface area contributed by atoms with E-state index in [1.807, 2.05) is 11.0 Å². The fourth-order valence-electron chi connectivity index (χ4n) is 4.17. The minimum atomic E-state index is -4.34. The van der Waals surface area contributed by atoms with E-state index >= 15 is 0 Å². The summed E-state index contributed by atoms with van der Waals surface area (Å²) in [5.74, 6) is -3.39. The minimum Gasteiger partial charge on any atom is -0.349 e. The third-order valence-electron chi connectivity index (χ3n) is 6.21. The molecule has 0 fully saturated rings. The van der Waals surface area contributed by atoms with Crippen molar-refractivity contribution < 1.29 is 26.6 Å². The Morgan fingerprint density at radius 2 is 1.92 bits per heavy atom. The number of aromatic nitrogens is 4. The molecular formula is C24H21F4N7O2S. The van der Waals surface area contributed by atoms with Gasteiger partial charge in [0, 0.05) is 23.7 Å². The first-order valence-corrected chi connectivity index (χ1v) is 13.0. The van der Waals surface area contributed by atoms with Gasteiger partial charge in [-0.05, 0) is 36.4 Å². The van der Waals surface area contributed by atoms with Crippen molar-refractivity contribution in [3.05, 3.63) is 77.4 Å². The predicted octanol–water partition coefficient (Wildman–Crippen LogP) is 4.34. The molecule has 1 aromatic carbocycles. The highest BCUT2D eigenvalue weighted by atomic mass is 32.2. The van der Waals surface area contributed by atoms with Gasteiger partial charge in [-0.2, -0.15) is 13.9 Å². The van der Waals surface area contributed by atoms with Gasteiger partial charge in [0.2, 0.25) is 0 Å². The number of rotatable bonds is 7. The van der Waals surface area contributed by atoms with Crippen LogP contribution in [-0.2, 0) is 29.4 Å². The van der Waals surface area contributed by atoms with Crippen molar-refractivity contribution in [3.63, 3.8) is 0 Å². The molecule has 0 radical (unpaired) electrons. The second-order valence-electron chi connectivity index (χ2n) is 8.60. The number of benzene rings is 1. The van der Waals surface area contributed by atoms with E-state index in [9.17, 15) is 26.6 Å². The van der Waals surface area contributed by atoms with E-state index in [1.165, 1.54) is 18.3 Å². The number of hydrogen-bond donors (Lipinski definition) is 2. The van der Waals surface area contributed by atoms with E-state index in [0.29, 0.717) is 35.8 Å². The first-order chi connectivity index (χ1) is 18.1. The lowest BCUT2D eigenvalue weighted by atomic mass is 10.2. The topological polar surface area (TPSA) is 117 Å². The van der Waals surface area contributed by atoms with Crippen LogP contribution in [0, 0.1) is 4.78 Å². The van der Waals surface area contributed by atoms with E-state index < -0.39 is 32.7 Å². The maximum absolute atomic E-state index is 13.3. The van der Waals surface area contributed by atoms with Crippen LogP contribution < -0.4 is 10.2 Å². The minimum absolute atomic E-state index is 0.00332. The lowest BCUT2D eigenvalue weighted by Crippen LogP contribution is -2.34. The number of amides is 1. The lowest BCUT2D eigenvalue weighted by Gasteiger charge is -2.29. The SMILES string of the molecule is N=S(=O)(c1cccc(C(=O)NCc2cc3nc(N4CCn5ncc(C(F)F)c5C4)ccc3cn2)c1)C(F)F. The van der Waals surface area contributed by atoms with Gasteiger partial charge >= 0.3 is 5.76 Å². The molecule has 0 bridgehead atoms. The molecule has 4 aromatic rings. The zero-order valence-corrected chi connectivity index (χ0v) is 20.5. The number of nitrogens with one attached hydrogen (secondary N) is 2. The van der Waals surface area contributed by atoms with Crippen LogP contribution in [-0.4, -0.2) is 42.2 Å². The molecule has 2 N–H and O–H groups in total. The molecule has 0 saturated heterocycles. The number of pyridine rings is 2. The molecular weight excluding hydrogens is 526 g/mol. The Balaban J connectivity index is 1.31. The zero-order valence-electron chi connectivity index (χ0n) is 19.7. The maximum Gasteiger partial charge on any atom is 0.323 e. The van der Waals surface area contributed by atoms with E-state index in [1.54, 1.807) is 23.0 Å². The number of carbonyl (C=O) groups excluding carboxylic acids is 1. The summed E-state index contributed by atoms with van der Waals surface area (Å²) in [5, 5.41) is 7.41. The summed E-state index contributed by atoms with van der Waals surface area (Å²) in [7, 11) is -4.34. The standard InChI is InChI=1S/C24H21F4N7O2S/c25-22(26)18-12-32-35-7-6-34(13-20(18)35)21-5-4-15-10-30-16(9-19(15)33-21)11-31-23(36)14-2-1-3-17(8-14)38(29,37)24(27)28/h1-5,8-10,12,22,24,29H,6-7,11,13H2,(H,31,36). The summed E-state index contributed by atoms with van der Waals surface area (Å²) in [6, 6.07) is 10.1. The number of halogens is 4. The first-order valence-electron chi connectivity index (χ1n) is 11.4. The van der Waals surface area contributed by atoms with Crippen LogP contribution in [0.25, 0.3) is 10.9 Å². The van der Waals surface area contributed by atoms with Gasteiger partial charge in [-0.25, -0.2) is 22.8 Å². The van der Waals surface area contributed by atoms with Crippen molar-refractivity contribution in [3.8, 4) is 0 Å². The van der Waals surface area contributed by atoms with Gasteiger partial charge in [0.05, 0.1) is 53.2 Å². The third kappa shape index (κ3) is 4.90. The molecule has 4 heterocycles. The average molecular weight is 548 g/mol. The first kappa shape index (κ1) is 25.6. The van der Waals surface area contributed by atoms with Crippen molar-refractivity contribution in [1.82, 2.24) is 25.1 Å². The molecule has 1 aliphatic heterocycles. The highest BCUT2D eigenvalue weighted by Gasteiger charge is 2.26. The van der Waals surface area contributed by atoms with Gasteiger partial charge in [0.1, 0.15) is 15.5 Å². The molecule has 38 heavy (non-hydrogen) atoms. The molecule has 3 aromatic heterocycles. The van der Waals surface area contributed by atoms with Crippen LogP contribution in [0.3, 0.4) is 0 Å². The summed E-state index contributed by atoms with van der Waals surface area (Å²) < 4.78 is 73.5. The van der Waals surface area contributed by atoms with Crippen LogP contribution in [0.1, 0.15) is 33.7 Å². The van der Waals surface area contributed by atoms with Gasteiger partial charge in [-0.3, -0.25) is 14.5 Å². The number of fused-ring (bicyclic) bond motifs is 2. The number of hydrogen-bond acceptors (Lipinski definition) is 7. The van der Waals surface area contributed by atoms with Crippen molar-refractivity contribution in [2.24, 2.45) is 0 Å². The van der Waals surface area contributed by atoms with Crippen LogP contribution in [0.5, 0.6) is 0 Å². The van der Waals surface area contributed by atoms with E-state index in [2.05, 4.69) is 20.4 Å². The van der Waals surface area contributed by atoms with Crippen molar-refractivity contribution >= 4 is 32.4 Å². The van der Waals surface area contributed by atoms with Gasteiger partial charge in [-0.1, -0.05) is 6.07 Å². The van der Waals surface area contributed by atoms with E-state index in [0.717, 1.165) is 17.5 Å². The summed E-state index contributed by atoms with van der Waals surface area (Å²) in [5.41, 5.74) is 1.40. The molecule has 1 unspecified atom stereocenters. The van der Waals surface area contributed by atoms with Crippen molar-refractivity contribution in [2.75, 3.05) is 11.4 Å². The largest absolute Gasteiger partial charge is 0.349 e. The molecule has 0 aliphatic carbocycles. The molecule has 14 heteroatoms. The normalized spacial score (nSPS) is 15.1. The molecule has 1 amide bonds. The van der Waals surface area contributed by atoms with Crippen LogP contribution in [0.2, 0.25) is 0 Å². The summed E-state index contributed by atoms with van der Waals surface area (Å²) in [6.07, 6.45) is 0.172. The Morgan fingerprint density at radius 1 is 1.11 bits per heavy atom. The third-order valence-corrected chi connectivity index (χ3v) is 7.66. The van der Waals surface area contributed by atoms with E-state index in [4.69, 9.17) is 4.78 Å². The van der Waals surface area contributed by atoms with Gasteiger partial charge < -0.3 is 10.2 Å². The quantitative estimate of drug-likeness (QED) is 0.333. The molecule has 9 nitrogen and oxygen atoms in total. The number of nitrogens with zero attached hydrogens (tertiary/aromatic N) is 5. The molecule has 0 spiro atoms. The molecule has 1 aliphatic rings. The number of carbonyl (C=O) groups is 1. The highest BCUT2D eigenvalue weighted by Crippen LogP contribution is 2.28. The fraction of sp³-hybridized carbons (Fsp3) is 0.250. The molecule has 198 valence electrons. The monoisotopic (exact) mass is 547 g/mol. The Labute approximate surface area is 214 Å². The highest BCUT2D eigenvalue weighted by molar-refractivity contribution is 7.92. The summed E-state index contributed by atoms with van der Waals surface area (Å²) in [6.45, 7) is 1.22. The molecule has 5 rings (SSSR count). The van der Waals surface area contributed by atoms with Crippen molar-refractivity contribution in [1.29, 1.82) is 4.78 Å². The second-order valence-corrected chi connectivity index (χ2v) is 10.6. The molecule has 0 saturated carbocycles. The average Bonchev–Trinajstić information content (AvgIpc) is 3.35. The summed E-state index contributed by atoms with van der Waals surface area (Å²) in [4.78, 5) is 23.0. The number of anilines is 1. The predicted molar refractivity (Wildman–Crippen MR) is 131 cm³/mol. The maximum atomic E-state index is 13.3. The van der Waals surface area contributed by atoms with Gasteiger partial charge in [0.25, 0.3) is 12.3 Å². The number of alkyl halides is 4. The Morgan fingerprint density at radius 3 is 2.68 bits per heavy atom. The smallest absolute Gasteiger partial charge is 0.323 e.